The second-order valence-electron chi connectivity index (χ2n) is 5.78. The predicted octanol–water partition coefficient (Wildman–Crippen LogP) is 2.25. The summed E-state index contributed by atoms with van der Waals surface area (Å²) < 4.78 is 16.7. The Hall–Kier alpha value is -1.43. The molecule has 0 amide bonds. The Morgan fingerprint density at radius 3 is 2.70 bits per heavy atom. The molecule has 0 aliphatic carbocycles. The zero-order valence-corrected chi connectivity index (χ0v) is 13.9. The predicted molar refractivity (Wildman–Crippen MR) is 88.1 cm³/mol. The summed E-state index contributed by atoms with van der Waals surface area (Å²) in [6.45, 7) is 6.85. The third-order valence-electron chi connectivity index (χ3n) is 3.73. The van der Waals surface area contributed by atoms with Gasteiger partial charge in [-0.05, 0) is 12.0 Å². The topological polar surface area (TPSA) is 48.0 Å². The van der Waals surface area contributed by atoms with E-state index in [1.54, 1.807) is 0 Å². The van der Waals surface area contributed by atoms with Gasteiger partial charge in [0, 0.05) is 26.1 Å². The molecule has 1 fully saturated rings. The maximum atomic E-state index is 11.8. The number of rotatable bonds is 9. The van der Waals surface area contributed by atoms with E-state index in [1.165, 1.54) is 0 Å². The van der Waals surface area contributed by atoms with Crippen LogP contribution in [-0.4, -0.2) is 56.4 Å². The van der Waals surface area contributed by atoms with E-state index >= 15 is 0 Å². The van der Waals surface area contributed by atoms with Crippen LogP contribution in [0, 0.1) is 0 Å². The summed E-state index contributed by atoms with van der Waals surface area (Å²) in [6, 6.07) is 10.0. The Morgan fingerprint density at radius 1 is 1.26 bits per heavy atom. The van der Waals surface area contributed by atoms with Gasteiger partial charge in [0.1, 0.15) is 6.10 Å². The number of nitrogens with zero attached hydrogens (tertiary/aromatic N) is 1. The molecule has 128 valence electrons. The average molecular weight is 321 g/mol. The number of carbonyl (C=O) groups excluding carboxylic acids is 1. The largest absolute Gasteiger partial charge is 0.459 e. The van der Waals surface area contributed by atoms with Crippen molar-refractivity contribution in [3.05, 3.63) is 35.9 Å². The fraction of sp³-hybridized carbons (Fsp3) is 0.611. The zero-order valence-electron chi connectivity index (χ0n) is 13.9. The molecule has 23 heavy (non-hydrogen) atoms. The van der Waals surface area contributed by atoms with E-state index in [0.29, 0.717) is 26.2 Å². The van der Waals surface area contributed by atoms with E-state index in [0.717, 1.165) is 38.3 Å². The third-order valence-corrected chi connectivity index (χ3v) is 3.73. The molecule has 1 aliphatic heterocycles. The first kappa shape index (κ1) is 17.9. The van der Waals surface area contributed by atoms with Gasteiger partial charge in [-0.3, -0.25) is 9.69 Å². The molecule has 5 heteroatoms. The van der Waals surface area contributed by atoms with Gasteiger partial charge in [-0.15, -0.1) is 0 Å². The highest BCUT2D eigenvalue weighted by atomic mass is 16.6. The Morgan fingerprint density at radius 2 is 2.00 bits per heavy atom. The second kappa shape index (κ2) is 10.4. The van der Waals surface area contributed by atoms with Crippen LogP contribution >= 0.6 is 0 Å². The van der Waals surface area contributed by atoms with E-state index in [-0.39, 0.29) is 12.1 Å². The minimum atomic E-state index is -0.226. The number of esters is 1. The molecule has 0 bridgehead atoms. The van der Waals surface area contributed by atoms with Crippen LogP contribution in [0.5, 0.6) is 0 Å². The molecule has 0 radical (unpaired) electrons. The molecular weight excluding hydrogens is 294 g/mol. The number of hydrogen-bond acceptors (Lipinski definition) is 5. The van der Waals surface area contributed by atoms with E-state index in [1.807, 2.05) is 37.3 Å². The monoisotopic (exact) mass is 321 g/mol. The molecule has 1 aromatic carbocycles. The molecule has 1 aliphatic rings. The number of carbonyl (C=O) groups is 1. The van der Waals surface area contributed by atoms with Crippen molar-refractivity contribution in [1.29, 1.82) is 0 Å². The van der Waals surface area contributed by atoms with Gasteiger partial charge >= 0.3 is 5.97 Å². The first-order valence-corrected chi connectivity index (χ1v) is 8.39. The Balaban J connectivity index is 1.80. The third kappa shape index (κ3) is 7.12. The first-order chi connectivity index (χ1) is 11.3. The van der Waals surface area contributed by atoms with Crippen LogP contribution in [0.15, 0.2) is 30.3 Å². The van der Waals surface area contributed by atoms with Crippen molar-refractivity contribution < 1.29 is 19.0 Å². The number of morpholine rings is 1. The van der Waals surface area contributed by atoms with Crippen molar-refractivity contribution in [3.8, 4) is 0 Å². The normalized spacial score (nSPS) is 16.9. The molecule has 5 nitrogen and oxygen atoms in total. The van der Waals surface area contributed by atoms with Crippen molar-refractivity contribution in [2.45, 2.75) is 32.5 Å². The molecule has 0 aromatic heterocycles. The molecule has 1 saturated heterocycles. The molecule has 0 N–H and O–H groups in total. The van der Waals surface area contributed by atoms with Crippen molar-refractivity contribution in [2.24, 2.45) is 0 Å². The van der Waals surface area contributed by atoms with Crippen LogP contribution in [0.25, 0.3) is 0 Å². The van der Waals surface area contributed by atoms with Gasteiger partial charge in [0.05, 0.1) is 26.4 Å². The minimum Gasteiger partial charge on any atom is -0.459 e. The van der Waals surface area contributed by atoms with Crippen LogP contribution < -0.4 is 0 Å². The van der Waals surface area contributed by atoms with E-state index in [2.05, 4.69) is 4.90 Å². The summed E-state index contributed by atoms with van der Waals surface area (Å²) in [4.78, 5) is 14.1. The molecule has 0 spiro atoms. The van der Waals surface area contributed by atoms with Crippen LogP contribution in [-0.2, 0) is 25.6 Å². The smallest absolute Gasteiger partial charge is 0.306 e. The Kier molecular flexibility index (Phi) is 8.07. The van der Waals surface area contributed by atoms with Crippen LogP contribution in [0.3, 0.4) is 0 Å². The van der Waals surface area contributed by atoms with Gasteiger partial charge in [-0.2, -0.15) is 0 Å². The van der Waals surface area contributed by atoms with Crippen LogP contribution in [0.2, 0.25) is 0 Å². The van der Waals surface area contributed by atoms with E-state index in [4.69, 9.17) is 14.2 Å². The molecule has 1 heterocycles. The second-order valence-corrected chi connectivity index (χ2v) is 5.78. The molecule has 0 saturated carbocycles. The van der Waals surface area contributed by atoms with Crippen molar-refractivity contribution in [2.75, 3.05) is 39.5 Å². The molecule has 1 atom stereocenters. The lowest BCUT2D eigenvalue weighted by Crippen LogP contribution is -2.43. The average Bonchev–Trinajstić information content (AvgIpc) is 2.57. The van der Waals surface area contributed by atoms with Gasteiger partial charge in [0.25, 0.3) is 0 Å². The van der Waals surface area contributed by atoms with Gasteiger partial charge in [0.15, 0.2) is 0 Å². The summed E-state index contributed by atoms with van der Waals surface area (Å²) in [6.07, 6.45) is 1.03. The lowest BCUT2D eigenvalue weighted by Gasteiger charge is -2.30. The first-order valence-electron chi connectivity index (χ1n) is 8.39. The standard InChI is InChI=1S/C18H27NO4/c1-2-6-18(20)23-17(13-19-9-11-21-12-10-19)15-22-14-16-7-4-3-5-8-16/h3-5,7-8,17H,2,6,9-15H2,1H3/t17-/m1/s1. The number of ether oxygens (including phenoxy) is 3. The summed E-state index contributed by atoms with van der Waals surface area (Å²) >= 11 is 0. The zero-order chi connectivity index (χ0) is 16.3. The van der Waals surface area contributed by atoms with Gasteiger partial charge in [-0.1, -0.05) is 37.3 Å². The lowest BCUT2D eigenvalue weighted by atomic mass is 10.2. The fourth-order valence-electron chi connectivity index (χ4n) is 2.53. The van der Waals surface area contributed by atoms with Crippen molar-refractivity contribution in [1.82, 2.24) is 4.90 Å². The van der Waals surface area contributed by atoms with Gasteiger partial charge < -0.3 is 14.2 Å². The summed E-state index contributed by atoms with van der Waals surface area (Å²) in [5.74, 6) is -0.144. The summed E-state index contributed by atoms with van der Waals surface area (Å²) in [5.41, 5.74) is 1.12. The van der Waals surface area contributed by atoms with Gasteiger partial charge in [0.2, 0.25) is 0 Å². The highest BCUT2D eigenvalue weighted by Gasteiger charge is 2.20. The fourth-order valence-corrected chi connectivity index (χ4v) is 2.53. The minimum absolute atomic E-state index is 0.144. The van der Waals surface area contributed by atoms with E-state index < -0.39 is 0 Å². The maximum absolute atomic E-state index is 11.8. The van der Waals surface area contributed by atoms with E-state index in [9.17, 15) is 4.79 Å². The summed E-state index contributed by atoms with van der Waals surface area (Å²) in [7, 11) is 0. The number of benzene rings is 1. The van der Waals surface area contributed by atoms with Crippen molar-refractivity contribution in [3.63, 3.8) is 0 Å². The van der Waals surface area contributed by atoms with Crippen LogP contribution in [0.1, 0.15) is 25.3 Å². The number of hydrogen-bond donors (Lipinski definition) is 0. The maximum Gasteiger partial charge on any atom is 0.306 e. The molecular formula is C18H27NO4. The highest BCUT2D eigenvalue weighted by Crippen LogP contribution is 2.07. The Labute approximate surface area is 138 Å². The Bertz CT molecular complexity index is 446. The van der Waals surface area contributed by atoms with Gasteiger partial charge in [-0.25, -0.2) is 0 Å². The molecule has 1 aromatic rings. The SMILES string of the molecule is CCCC(=O)O[C@@H](COCc1ccccc1)CN1CCOCC1. The molecule has 2 rings (SSSR count). The van der Waals surface area contributed by atoms with Crippen molar-refractivity contribution >= 4 is 5.97 Å². The highest BCUT2D eigenvalue weighted by molar-refractivity contribution is 5.69. The quantitative estimate of drug-likeness (QED) is 0.653. The lowest BCUT2D eigenvalue weighted by molar-refractivity contribution is -0.154. The molecule has 0 unspecified atom stereocenters. The van der Waals surface area contributed by atoms with Crippen LogP contribution in [0.4, 0.5) is 0 Å². The summed E-state index contributed by atoms with van der Waals surface area (Å²) in [5, 5.41) is 0.